The number of furan rings is 1. The Morgan fingerprint density at radius 2 is 2.00 bits per heavy atom. The van der Waals surface area contributed by atoms with E-state index in [1.807, 2.05) is 6.92 Å². The van der Waals surface area contributed by atoms with Crippen LogP contribution in [0.4, 0.5) is 4.39 Å². The van der Waals surface area contributed by atoms with E-state index in [4.69, 9.17) is 9.15 Å². The molecule has 0 N–H and O–H groups in total. The lowest BCUT2D eigenvalue weighted by Gasteiger charge is -2.07. The minimum absolute atomic E-state index is 0.0924. The summed E-state index contributed by atoms with van der Waals surface area (Å²) in [6.07, 6.45) is 0. The molecule has 4 heteroatoms. The van der Waals surface area contributed by atoms with Crippen molar-refractivity contribution in [2.24, 2.45) is 0 Å². The summed E-state index contributed by atoms with van der Waals surface area (Å²) in [4.78, 5) is 12.5. The summed E-state index contributed by atoms with van der Waals surface area (Å²) in [6, 6.07) is 13.1. The molecule has 0 aliphatic rings. The van der Waals surface area contributed by atoms with Crippen LogP contribution in [0.5, 0.6) is 5.75 Å². The summed E-state index contributed by atoms with van der Waals surface area (Å²) in [6.45, 7) is 2.30. The standard InChI is InChI=1S/C17H13FO3/c1-2-20-14-9-4-3-7-12(14)16(19)15-10-11-6-5-8-13(18)17(11)21-15/h3-10H,2H2,1H3. The van der Waals surface area contributed by atoms with Crippen molar-refractivity contribution in [3.05, 3.63) is 65.7 Å². The zero-order chi connectivity index (χ0) is 14.8. The van der Waals surface area contributed by atoms with Crippen LogP contribution in [-0.2, 0) is 0 Å². The molecule has 1 heterocycles. The van der Waals surface area contributed by atoms with Crippen molar-refractivity contribution >= 4 is 16.8 Å². The van der Waals surface area contributed by atoms with Gasteiger partial charge in [0.25, 0.3) is 0 Å². The third-order valence-corrected chi connectivity index (χ3v) is 3.15. The molecule has 3 aromatic rings. The lowest BCUT2D eigenvalue weighted by Crippen LogP contribution is -2.04. The number of ketones is 1. The van der Waals surface area contributed by atoms with Crippen LogP contribution >= 0.6 is 0 Å². The summed E-state index contributed by atoms with van der Waals surface area (Å²) in [5.41, 5.74) is 0.494. The molecule has 0 atom stereocenters. The largest absolute Gasteiger partial charge is 0.493 e. The maximum absolute atomic E-state index is 13.6. The Morgan fingerprint density at radius 1 is 1.19 bits per heavy atom. The van der Waals surface area contributed by atoms with Gasteiger partial charge in [-0.3, -0.25) is 4.79 Å². The molecule has 3 rings (SSSR count). The van der Waals surface area contributed by atoms with Crippen LogP contribution in [0.25, 0.3) is 11.0 Å². The Morgan fingerprint density at radius 3 is 2.76 bits per heavy atom. The lowest BCUT2D eigenvalue weighted by atomic mass is 10.1. The Kier molecular flexibility index (Phi) is 3.44. The number of fused-ring (bicyclic) bond motifs is 1. The van der Waals surface area contributed by atoms with Crippen LogP contribution in [0.1, 0.15) is 23.0 Å². The maximum atomic E-state index is 13.6. The van der Waals surface area contributed by atoms with Crippen molar-refractivity contribution in [3.63, 3.8) is 0 Å². The normalized spacial score (nSPS) is 10.8. The summed E-state index contributed by atoms with van der Waals surface area (Å²) < 4.78 is 24.4. The number of ether oxygens (including phenoxy) is 1. The fourth-order valence-corrected chi connectivity index (χ4v) is 2.21. The third-order valence-electron chi connectivity index (χ3n) is 3.15. The molecule has 0 fully saturated rings. The molecular weight excluding hydrogens is 271 g/mol. The van der Waals surface area contributed by atoms with Crippen LogP contribution in [0.15, 0.2) is 52.9 Å². The van der Waals surface area contributed by atoms with E-state index in [0.717, 1.165) is 0 Å². The van der Waals surface area contributed by atoms with Gasteiger partial charge in [-0.05, 0) is 31.2 Å². The van der Waals surface area contributed by atoms with Crippen molar-refractivity contribution in [2.45, 2.75) is 6.92 Å². The first kappa shape index (κ1) is 13.4. The van der Waals surface area contributed by atoms with Crippen molar-refractivity contribution in [1.29, 1.82) is 0 Å². The summed E-state index contributed by atoms with van der Waals surface area (Å²) in [7, 11) is 0. The number of benzene rings is 2. The van der Waals surface area contributed by atoms with Gasteiger partial charge in [0.05, 0.1) is 12.2 Å². The molecule has 0 amide bonds. The highest BCUT2D eigenvalue weighted by molar-refractivity contribution is 6.10. The average Bonchev–Trinajstić information content (AvgIpc) is 2.93. The van der Waals surface area contributed by atoms with Gasteiger partial charge in [-0.25, -0.2) is 4.39 Å². The third kappa shape index (κ3) is 2.40. The number of para-hydroxylation sites is 2. The van der Waals surface area contributed by atoms with Crippen LogP contribution in [0.2, 0.25) is 0 Å². The maximum Gasteiger partial charge on any atom is 0.231 e. The molecule has 1 aromatic heterocycles. The second-order valence-corrected chi connectivity index (χ2v) is 4.53. The molecule has 0 saturated carbocycles. The van der Waals surface area contributed by atoms with E-state index in [1.54, 1.807) is 42.5 Å². The van der Waals surface area contributed by atoms with E-state index in [9.17, 15) is 9.18 Å². The van der Waals surface area contributed by atoms with Gasteiger partial charge in [-0.1, -0.05) is 24.3 Å². The lowest BCUT2D eigenvalue weighted by molar-refractivity contribution is 0.101. The fourth-order valence-electron chi connectivity index (χ4n) is 2.21. The van der Waals surface area contributed by atoms with Gasteiger partial charge in [-0.2, -0.15) is 0 Å². The molecule has 2 aromatic carbocycles. The fraction of sp³-hybridized carbons (Fsp3) is 0.118. The SMILES string of the molecule is CCOc1ccccc1C(=O)c1cc2cccc(F)c2o1. The number of carbonyl (C=O) groups excluding carboxylic acids is 1. The minimum Gasteiger partial charge on any atom is -0.493 e. The number of carbonyl (C=O) groups is 1. The zero-order valence-electron chi connectivity index (χ0n) is 11.4. The first-order chi connectivity index (χ1) is 10.2. The van der Waals surface area contributed by atoms with Gasteiger partial charge < -0.3 is 9.15 Å². The predicted octanol–water partition coefficient (Wildman–Crippen LogP) is 4.20. The van der Waals surface area contributed by atoms with E-state index in [1.165, 1.54) is 6.07 Å². The van der Waals surface area contributed by atoms with Crippen molar-refractivity contribution < 1.29 is 18.3 Å². The van der Waals surface area contributed by atoms with Crippen molar-refractivity contribution in [1.82, 2.24) is 0 Å². The van der Waals surface area contributed by atoms with Crippen molar-refractivity contribution in [2.75, 3.05) is 6.61 Å². The molecule has 21 heavy (non-hydrogen) atoms. The quantitative estimate of drug-likeness (QED) is 0.674. The zero-order valence-corrected chi connectivity index (χ0v) is 11.4. The summed E-state index contributed by atoms with van der Waals surface area (Å²) in [5, 5.41) is 0.562. The minimum atomic E-state index is -0.482. The molecule has 0 aliphatic carbocycles. The Balaban J connectivity index is 2.06. The second-order valence-electron chi connectivity index (χ2n) is 4.53. The molecule has 0 aliphatic heterocycles. The smallest absolute Gasteiger partial charge is 0.231 e. The Labute approximate surface area is 120 Å². The first-order valence-corrected chi connectivity index (χ1v) is 6.65. The molecule has 3 nitrogen and oxygen atoms in total. The highest BCUT2D eigenvalue weighted by Gasteiger charge is 2.19. The van der Waals surface area contributed by atoms with Crippen LogP contribution < -0.4 is 4.74 Å². The Bertz CT molecular complexity index is 805. The van der Waals surface area contributed by atoms with Crippen LogP contribution in [0.3, 0.4) is 0 Å². The molecule has 0 bridgehead atoms. The monoisotopic (exact) mass is 284 g/mol. The van der Waals surface area contributed by atoms with Gasteiger partial charge in [-0.15, -0.1) is 0 Å². The summed E-state index contributed by atoms with van der Waals surface area (Å²) in [5.74, 6) is -0.215. The number of rotatable bonds is 4. The van der Waals surface area contributed by atoms with Gasteiger partial charge in [0.2, 0.25) is 5.78 Å². The van der Waals surface area contributed by atoms with E-state index in [-0.39, 0.29) is 17.1 Å². The van der Waals surface area contributed by atoms with E-state index in [0.29, 0.717) is 23.3 Å². The highest BCUT2D eigenvalue weighted by atomic mass is 19.1. The van der Waals surface area contributed by atoms with Gasteiger partial charge in [0, 0.05) is 5.39 Å². The first-order valence-electron chi connectivity index (χ1n) is 6.65. The molecule has 0 spiro atoms. The number of hydrogen-bond acceptors (Lipinski definition) is 3. The van der Waals surface area contributed by atoms with Crippen molar-refractivity contribution in [3.8, 4) is 5.75 Å². The number of halogens is 1. The Hall–Kier alpha value is -2.62. The highest BCUT2D eigenvalue weighted by Crippen LogP contribution is 2.27. The molecule has 0 radical (unpaired) electrons. The molecule has 0 saturated heterocycles. The van der Waals surface area contributed by atoms with Gasteiger partial charge in [0.1, 0.15) is 5.75 Å². The predicted molar refractivity (Wildman–Crippen MR) is 77.2 cm³/mol. The van der Waals surface area contributed by atoms with Crippen LogP contribution in [0, 0.1) is 5.82 Å². The van der Waals surface area contributed by atoms with E-state index < -0.39 is 5.82 Å². The van der Waals surface area contributed by atoms with Gasteiger partial charge >= 0.3 is 0 Å². The average molecular weight is 284 g/mol. The van der Waals surface area contributed by atoms with Gasteiger partial charge in [0.15, 0.2) is 17.2 Å². The van der Waals surface area contributed by atoms with E-state index >= 15 is 0 Å². The van der Waals surface area contributed by atoms with E-state index in [2.05, 4.69) is 0 Å². The second kappa shape index (κ2) is 5.40. The van der Waals surface area contributed by atoms with Crippen LogP contribution in [-0.4, -0.2) is 12.4 Å². The molecule has 0 unspecified atom stereocenters. The molecular formula is C17H13FO3. The molecule has 106 valence electrons. The number of hydrogen-bond donors (Lipinski definition) is 0. The topological polar surface area (TPSA) is 39.4 Å². The summed E-state index contributed by atoms with van der Waals surface area (Å²) >= 11 is 0.